The van der Waals surface area contributed by atoms with Crippen molar-refractivity contribution in [1.82, 2.24) is 15.1 Å². The van der Waals surface area contributed by atoms with Crippen molar-refractivity contribution in [2.24, 2.45) is 0 Å². The Kier molecular flexibility index (Phi) is 9.75. The highest BCUT2D eigenvalue weighted by Crippen LogP contribution is 2.58. The molecule has 47 heavy (non-hydrogen) atoms. The minimum atomic E-state index is -0.696. The predicted molar refractivity (Wildman–Crippen MR) is 177 cm³/mol. The van der Waals surface area contributed by atoms with Crippen molar-refractivity contribution in [2.75, 3.05) is 49.1 Å². The van der Waals surface area contributed by atoms with Crippen LogP contribution >= 0.6 is 0 Å². The maximum absolute atomic E-state index is 13.1. The molecule has 3 aromatic rings. The zero-order valence-corrected chi connectivity index (χ0v) is 28.3. The molecule has 0 radical (unpaired) electrons. The molecule has 3 aromatic carbocycles. The summed E-state index contributed by atoms with van der Waals surface area (Å²) >= 11 is 0. The number of carbonyl (C=O) groups excluding carboxylic acids is 1. The zero-order chi connectivity index (χ0) is 34.2. The summed E-state index contributed by atoms with van der Waals surface area (Å²) in [6.07, 6.45) is 1.05. The first-order valence-corrected chi connectivity index (χ1v) is 15.6. The van der Waals surface area contributed by atoms with Gasteiger partial charge in [0, 0.05) is 63.6 Å². The first kappa shape index (κ1) is 33.7. The molecule has 4 atom stereocenters. The average Bonchev–Trinajstić information content (AvgIpc) is 3.20. The average molecular weight is 645 g/mol. The molecule has 0 saturated heterocycles. The van der Waals surface area contributed by atoms with Gasteiger partial charge in [0.05, 0.1) is 34.5 Å². The van der Waals surface area contributed by atoms with Gasteiger partial charge in [-0.3, -0.25) is 9.69 Å². The van der Waals surface area contributed by atoms with Gasteiger partial charge in [-0.2, -0.15) is 5.26 Å². The molecule has 2 aliphatic heterocycles. The molecule has 0 saturated carbocycles. The van der Waals surface area contributed by atoms with Crippen LogP contribution in [0.15, 0.2) is 30.3 Å². The van der Waals surface area contributed by atoms with Crippen molar-refractivity contribution in [3.8, 4) is 40.6 Å². The highest BCUT2D eigenvalue weighted by molar-refractivity contribution is 5.94. The Hall–Kier alpha value is -4.66. The molecule has 250 valence electrons. The second-order valence-corrected chi connectivity index (χ2v) is 12.3. The largest absolute Gasteiger partial charge is 0.504 e. The number of benzene rings is 3. The number of ether oxygens (including phenoxy) is 4. The van der Waals surface area contributed by atoms with Crippen LogP contribution in [0, 0.1) is 25.2 Å². The van der Waals surface area contributed by atoms with E-state index < -0.39 is 18.1 Å². The Labute approximate surface area is 276 Å². The Morgan fingerprint density at radius 1 is 0.894 bits per heavy atom. The summed E-state index contributed by atoms with van der Waals surface area (Å²) in [4.78, 5) is 17.2. The van der Waals surface area contributed by atoms with Crippen molar-refractivity contribution in [3.05, 3.63) is 69.3 Å². The molecule has 0 aromatic heterocycles. The van der Waals surface area contributed by atoms with E-state index in [1.807, 2.05) is 38.9 Å². The van der Waals surface area contributed by atoms with Crippen molar-refractivity contribution in [1.29, 1.82) is 5.26 Å². The van der Waals surface area contributed by atoms with Gasteiger partial charge in [-0.25, -0.2) is 0 Å². The van der Waals surface area contributed by atoms with E-state index in [-0.39, 0.29) is 35.7 Å². The number of hydrogen-bond donors (Lipinski definition) is 3. The third-order valence-electron chi connectivity index (χ3n) is 9.74. The minimum Gasteiger partial charge on any atom is -0.504 e. The number of amides is 1. The van der Waals surface area contributed by atoms with Crippen LogP contribution in [-0.2, 0) is 12.8 Å². The third-order valence-corrected chi connectivity index (χ3v) is 9.74. The fourth-order valence-corrected chi connectivity index (χ4v) is 7.71. The molecule has 0 unspecified atom stereocenters. The molecule has 11 nitrogen and oxygen atoms in total. The van der Waals surface area contributed by atoms with Crippen molar-refractivity contribution < 1.29 is 34.0 Å². The number of rotatable bonds is 9. The smallest absolute Gasteiger partial charge is 0.251 e. The van der Waals surface area contributed by atoms with Gasteiger partial charge in [-0.05, 0) is 59.3 Å². The molecular formula is C36H44N4O7. The molecule has 5 rings (SSSR count). The van der Waals surface area contributed by atoms with E-state index in [0.717, 1.165) is 11.1 Å². The zero-order valence-electron chi connectivity index (χ0n) is 28.3. The Bertz CT molecular complexity index is 1700. The lowest BCUT2D eigenvalue weighted by atomic mass is 9.80. The van der Waals surface area contributed by atoms with Crippen LogP contribution in [0.25, 0.3) is 0 Å². The van der Waals surface area contributed by atoms with Gasteiger partial charge in [0.25, 0.3) is 5.91 Å². The molecule has 0 spiro atoms. The number of methoxy groups -OCH3 is 4. The van der Waals surface area contributed by atoms with Gasteiger partial charge >= 0.3 is 0 Å². The SMILES string of the molecule is COc1c(C)c(OC)c2c(c1O)[C@H](CCNC(=O)c1ccccc1)N1[C@@H](C2)c2c(O)c(OC)c(C)c(OC)c2C[C@H](N(C)C)[C@@H]1C#N. The van der Waals surface area contributed by atoms with Crippen LogP contribution in [-0.4, -0.2) is 87.1 Å². The molecule has 11 heteroatoms. The van der Waals surface area contributed by atoms with E-state index in [0.29, 0.717) is 64.3 Å². The number of hydrogen-bond acceptors (Lipinski definition) is 10. The fraction of sp³-hybridized carbons (Fsp3) is 0.444. The Morgan fingerprint density at radius 2 is 1.43 bits per heavy atom. The third kappa shape index (κ3) is 5.55. The topological polar surface area (TPSA) is 137 Å². The highest BCUT2D eigenvalue weighted by atomic mass is 16.5. The monoisotopic (exact) mass is 644 g/mol. The van der Waals surface area contributed by atoms with Crippen molar-refractivity contribution >= 4 is 5.91 Å². The highest BCUT2D eigenvalue weighted by Gasteiger charge is 2.50. The van der Waals surface area contributed by atoms with Crippen molar-refractivity contribution in [3.63, 3.8) is 0 Å². The van der Waals surface area contributed by atoms with Crippen LogP contribution in [0.3, 0.4) is 0 Å². The number of phenols is 2. The quantitative estimate of drug-likeness (QED) is 0.304. The number of fused-ring (bicyclic) bond motifs is 4. The molecule has 2 heterocycles. The van der Waals surface area contributed by atoms with Gasteiger partial charge in [0.15, 0.2) is 23.0 Å². The van der Waals surface area contributed by atoms with Crippen LogP contribution in [0.4, 0.5) is 0 Å². The first-order valence-electron chi connectivity index (χ1n) is 15.6. The molecule has 3 N–H and O–H groups in total. The van der Waals surface area contributed by atoms with Gasteiger partial charge in [-0.15, -0.1) is 0 Å². The number of nitrogens with zero attached hydrogens (tertiary/aromatic N) is 3. The van der Waals surface area contributed by atoms with Crippen molar-refractivity contribution in [2.45, 2.75) is 57.3 Å². The standard InChI is InChI=1S/C36H44N4O7/c1-19-32(44-5)22-16-25(39(3)4)27(18-37)40-24(14-15-38-36(43)21-12-10-9-11-13-21)28-23(17-26(40)29(22)31(42)35(19)47-8)33(45-6)20(2)34(46-7)30(28)41/h9-13,24-27,41-42H,14-17H2,1-8H3,(H,38,43)/t24-,25-,26-,27-/m0/s1. The number of carbonyl (C=O) groups is 1. The molecular weight excluding hydrogens is 600 g/mol. The molecule has 1 amide bonds. The number of nitrogens with one attached hydrogen (secondary N) is 1. The van der Waals surface area contributed by atoms with E-state index >= 15 is 0 Å². The van der Waals surface area contributed by atoms with Gasteiger partial charge in [0.2, 0.25) is 0 Å². The summed E-state index contributed by atoms with van der Waals surface area (Å²) in [7, 11) is 10.0. The lowest BCUT2D eigenvalue weighted by Gasteiger charge is -2.47. The number of likely N-dealkylation sites (N-methyl/N-ethyl adjacent to an activating group) is 1. The number of aromatic hydroxyl groups is 2. The van der Waals surface area contributed by atoms with Crippen LogP contribution in [0.2, 0.25) is 0 Å². The number of nitriles is 1. The summed E-state index contributed by atoms with van der Waals surface area (Å²) < 4.78 is 23.4. The van der Waals surface area contributed by atoms with E-state index in [2.05, 4.69) is 16.3 Å². The van der Waals surface area contributed by atoms with E-state index in [1.54, 1.807) is 38.5 Å². The summed E-state index contributed by atoms with van der Waals surface area (Å²) in [5.74, 6) is 1.46. The maximum atomic E-state index is 13.1. The second kappa shape index (κ2) is 13.6. The summed E-state index contributed by atoms with van der Waals surface area (Å²) in [5, 5.41) is 37.8. The van der Waals surface area contributed by atoms with Gasteiger partial charge < -0.3 is 39.4 Å². The summed E-state index contributed by atoms with van der Waals surface area (Å²) in [6.45, 7) is 3.91. The first-order chi connectivity index (χ1) is 22.6. The van der Waals surface area contributed by atoms with Gasteiger partial charge in [-0.1, -0.05) is 18.2 Å². The summed E-state index contributed by atoms with van der Waals surface area (Å²) in [5.41, 5.74) is 4.54. The van der Waals surface area contributed by atoms with Crippen LogP contribution in [0.5, 0.6) is 34.5 Å². The van der Waals surface area contributed by atoms with Crippen LogP contribution in [0.1, 0.15) is 62.2 Å². The van der Waals surface area contributed by atoms with E-state index in [1.165, 1.54) is 14.2 Å². The van der Waals surface area contributed by atoms with E-state index in [4.69, 9.17) is 18.9 Å². The lowest BCUT2D eigenvalue weighted by molar-refractivity contribution is 0.0452. The Balaban J connectivity index is 1.78. The maximum Gasteiger partial charge on any atom is 0.251 e. The number of phenolic OH excluding ortho intramolecular Hbond substituents is 2. The molecule has 0 aliphatic carbocycles. The van der Waals surface area contributed by atoms with Gasteiger partial charge in [0.1, 0.15) is 17.5 Å². The Morgan fingerprint density at radius 3 is 1.94 bits per heavy atom. The summed E-state index contributed by atoms with van der Waals surface area (Å²) in [6, 6.07) is 9.36. The lowest BCUT2D eigenvalue weighted by Crippen LogP contribution is -2.53. The second-order valence-electron chi connectivity index (χ2n) is 12.3. The normalized spacial score (nSPS) is 20.3. The van der Waals surface area contributed by atoms with E-state index in [9.17, 15) is 20.3 Å². The predicted octanol–water partition coefficient (Wildman–Crippen LogP) is 4.59. The molecule has 0 bridgehead atoms. The van der Waals surface area contributed by atoms with Crippen LogP contribution < -0.4 is 24.3 Å². The molecule has 0 fully saturated rings. The fourth-order valence-electron chi connectivity index (χ4n) is 7.71. The molecule has 2 aliphatic rings. The minimum absolute atomic E-state index is 0.0140.